The highest BCUT2D eigenvalue weighted by atomic mass is 16.5. The third kappa shape index (κ3) is 2.48. The van der Waals surface area contributed by atoms with Crippen LogP contribution in [0.5, 0.6) is 5.75 Å². The fraction of sp³-hybridized carbons (Fsp3) is 0.500. The van der Waals surface area contributed by atoms with Gasteiger partial charge in [-0.3, -0.25) is 9.59 Å². The molecule has 1 aromatic rings. The number of carbonyl (C=O) groups is 2. The van der Waals surface area contributed by atoms with Gasteiger partial charge >= 0.3 is 5.97 Å². The number of aliphatic carboxylic acids is 1. The van der Waals surface area contributed by atoms with Crippen LogP contribution >= 0.6 is 0 Å². The van der Waals surface area contributed by atoms with Gasteiger partial charge in [-0.2, -0.15) is 0 Å². The fourth-order valence-electron chi connectivity index (χ4n) is 2.92. The fourth-order valence-corrected chi connectivity index (χ4v) is 2.92. The lowest BCUT2D eigenvalue weighted by molar-refractivity contribution is -0.150. The van der Waals surface area contributed by atoms with Crippen LogP contribution in [0.2, 0.25) is 0 Å². The number of hydrogen-bond donors (Lipinski definition) is 1. The summed E-state index contributed by atoms with van der Waals surface area (Å²) in [5, 5.41) is 9.23. The maximum Gasteiger partial charge on any atom is 0.309 e. The number of carboxylic acids is 1. The van der Waals surface area contributed by atoms with Crippen molar-refractivity contribution in [3.63, 3.8) is 0 Å². The molecule has 0 radical (unpaired) electrons. The molecule has 2 aliphatic rings. The van der Waals surface area contributed by atoms with Crippen LogP contribution in [0.1, 0.15) is 35.7 Å². The van der Waals surface area contributed by atoms with Crippen LogP contribution in [-0.2, 0) is 11.2 Å². The van der Waals surface area contributed by atoms with Crippen molar-refractivity contribution in [3.8, 4) is 5.75 Å². The summed E-state index contributed by atoms with van der Waals surface area (Å²) in [5.41, 5.74) is 1.04. The average molecular weight is 289 g/mol. The summed E-state index contributed by atoms with van der Waals surface area (Å²) in [5.74, 6) is 0.0741. The van der Waals surface area contributed by atoms with E-state index in [0.29, 0.717) is 38.1 Å². The van der Waals surface area contributed by atoms with E-state index < -0.39 is 11.4 Å². The van der Waals surface area contributed by atoms with Crippen LogP contribution < -0.4 is 4.74 Å². The molecule has 5 heteroatoms. The second-order valence-electron chi connectivity index (χ2n) is 6.08. The molecular formula is C16H19NO4. The van der Waals surface area contributed by atoms with Crippen LogP contribution in [0, 0.1) is 5.41 Å². The van der Waals surface area contributed by atoms with Gasteiger partial charge in [0.05, 0.1) is 12.0 Å². The number of hydrogen-bond acceptors (Lipinski definition) is 3. The number of rotatable bonds is 2. The van der Waals surface area contributed by atoms with E-state index in [4.69, 9.17) is 4.74 Å². The molecule has 1 N–H and O–H groups in total. The molecule has 0 saturated carbocycles. The van der Waals surface area contributed by atoms with Crippen LogP contribution in [-0.4, -0.2) is 41.6 Å². The Morgan fingerprint density at radius 1 is 1.29 bits per heavy atom. The zero-order valence-electron chi connectivity index (χ0n) is 12.1. The van der Waals surface area contributed by atoms with Gasteiger partial charge in [-0.1, -0.05) is 0 Å². The third-order valence-corrected chi connectivity index (χ3v) is 4.61. The minimum absolute atomic E-state index is 0.0165. The Morgan fingerprint density at radius 2 is 2.00 bits per heavy atom. The molecule has 0 unspecified atom stereocenters. The summed E-state index contributed by atoms with van der Waals surface area (Å²) in [6.07, 6.45) is 1.85. The predicted octanol–water partition coefficient (Wildman–Crippen LogP) is 1.95. The molecule has 1 saturated heterocycles. The van der Waals surface area contributed by atoms with E-state index in [1.165, 1.54) is 0 Å². The standard InChI is InChI=1S/C16H19NO4/c1-16(15(19)20)5-7-17(8-6-16)14(18)12-2-3-13-11(10-12)4-9-21-13/h2-3,10H,4-9H2,1H3,(H,19,20). The molecule has 0 spiro atoms. The molecule has 2 heterocycles. The number of amides is 1. The molecule has 2 aliphatic heterocycles. The van der Waals surface area contributed by atoms with Crippen molar-refractivity contribution in [3.05, 3.63) is 29.3 Å². The van der Waals surface area contributed by atoms with E-state index in [2.05, 4.69) is 0 Å². The van der Waals surface area contributed by atoms with Crippen molar-refractivity contribution in [2.75, 3.05) is 19.7 Å². The van der Waals surface area contributed by atoms with Gasteiger partial charge in [0.25, 0.3) is 5.91 Å². The van der Waals surface area contributed by atoms with Crippen LogP contribution in [0.25, 0.3) is 0 Å². The monoisotopic (exact) mass is 289 g/mol. The van der Waals surface area contributed by atoms with Gasteiger partial charge in [0.15, 0.2) is 0 Å². The molecular weight excluding hydrogens is 270 g/mol. The summed E-state index contributed by atoms with van der Waals surface area (Å²) in [7, 11) is 0. The van der Waals surface area contributed by atoms with E-state index in [9.17, 15) is 14.7 Å². The summed E-state index contributed by atoms with van der Waals surface area (Å²) in [6.45, 7) is 3.42. The van der Waals surface area contributed by atoms with Gasteiger partial charge in [-0.05, 0) is 43.5 Å². The second kappa shape index (κ2) is 5.06. The van der Waals surface area contributed by atoms with E-state index in [1.807, 2.05) is 12.1 Å². The van der Waals surface area contributed by atoms with Gasteiger partial charge in [0.1, 0.15) is 5.75 Å². The first-order valence-electron chi connectivity index (χ1n) is 7.28. The van der Waals surface area contributed by atoms with Crippen LogP contribution in [0.15, 0.2) is 18.2 Å². The maximum atomic E-state index is 12.5. The first-order chi connectivity index (χ1) is 9.99. The number of benzene rings is 1. The van der Waals surface area contributed by atoms with Crippen molar-refractivity contribution in [1.29, 1.82) is 0 Å². The van der Waals surface area contributed by atoms with Gasteiger partial charge in [0.2, 0.25) is 0 Å². The number of likely N-dealkylation sites (tertiary alicyclic amines) is 1. The van der Waals surface area contributed by atoms with Gasteiger partial charge in [0, 0.05) is 25.1 Å². The van der Waals surface area contributed by atoms with Gasteiger partial charge < -0.3 is 14.7 Å². The smallest absolute Gasteiger partial charge is 0.309 e. The van der Waals surface area contributed by atoms with Crippen molar-refractivity contribution in [2.24, 2.45) is 5.41 Å². The number of piperidine rings is 1. The molecule has 1 aromatic carbocycles. The quantitative estimate of drug-likeness (QED) is 0.903. The Bertz CT molecular complexity index is 588. The highest BCUT2D eigenvalue weighted by molar-refractivity contribution is 5.95. The number of fused-ring (bicyclic) bond motifs is 1. The zero-order chi connectivity index (χ0) is 15.0. The van der Waals surface area contributed by atoms with E-state index in [0.717, 1.165) is 17.7 Å². The van der Waals surface area contributed by atoms with Crippen molar-refractivity contribution < 1.29 is 19.4 Å². The highest BCUT2D eigenvalue weighted by Gasteiger charge is 2.38. The van der Waals surface area contributed by atoms with Gasteiger partial charge in [-0.25, -0.2) is 0 Å². The van der Waals surface area contributed by atoms with Gasteiger partial charge in [-0.15, -0.1) is 0 Å². The zero-order valence-corrected chi connectivity index (χ0v) is 12.1. The minimum atomic E-state index is -0.774. The molecule has 1 fully saturated rings. The van der Waals surface area contributed by atoms with E-state index >= 15 is 0 Å². The summed E-state index contributed by atoms with van der Waals surface area (Å²) in [6, 6.07) is 5.54. The minimum Gasteiger partial charge on any atom is -0.493 e. The molecule has 0 bridgehead atoms. The molecule has 21 heavy (non-hydrogen) atoms. The lowest BCUT2D eigenvalue weighted by Gasteiger charge is -2.36. The molecule has 0 aromatic heterocycles. The molecule has 5 nitrogen and oxygen atoms in total. The lowest BCUT2D eigenvalue weighted by Crippen LogP contribution is -2.45. The lowest BCUT2D eigenvalue weighted by atomic mass is 9.80. The van der Waals surface area contributed by atoms with E-state index in [1.54, 1.807) is 17.9 Å². The Hall–Kier alpha value is -2.04. The topological polar surface area (TPSA) is 66.8 Å². The van der Waals surface area contributed by atoms with Crippen LogP contribution in [0.4, 0.5) is 0 Å². The summed E-state index contributed by atoms with van der Waals surface area (Å²) in [4.78, 5) is 25.5. The van der Waals surface area contributed by atoms with Crippen molar-refractivity contribution >= 4 is 11.9 Å². The van der Waals surface area contributed by atoms with Crippen molar-refractivity contribution in [2.45, 2.75) is 26.2 Å². The van der Waals surface area contributed by atoms with E-state index in [-0.39, 0.29) is 5.91 Å². The molecule has 3 rings (SSSR count). The number of nitrogens with zero attached hydrogens (tertiary/aromatic N) is 1. The Labute approximate surface area is 123 Å². The number of carboxylic acid groups (broad SMARTS) is 1. The largest absolute Gasteiger partial charge is 0.493 e. The SMILES string of the molecule is CC1(C(=O)O)CCN(C(=O)c2ccc3c(c2)CCO3)CC1. The molecule has 0 atom stereocenters. The highest BCUT2D eigenvalue weighted by Crippen LogP contribution is 2.32. The predicted molar refractivity (Wildman–Crippen MR) is 76.5 cm³/mol. The number of carbonyl (C=O) groups excluding carboxylic acids is 1. The summed E-state index contributed by atoms with van der Waals surface area (Å²) < 4.78 is 5.44. The normalized spacial score (nSPS) is 19.8. The average Bonchev–Trinajstić information content (AvgIpc) is 2.94. The number of ether oxygens (including phenoxy) is 1. The summed E-state index contributed by atoms with van der Waals surface area (Å²) >= 11 is 0. The Kier molecular flexibility index (Phi) is 3.35. The first kappa shape index (κ1) is 13.9. The van der Waals surface area contributed by atoms with Crippen molar-refractivity contribution in [1.82, 2.24) is 4.90 Å². The first-order valence-corrected chi connectivity index (χ1v) is 7.28. The Balaban J connectivity index is 1.71. The third-order valence-electron chi connectivity index (χ3n) is 4.61. The van der Waals surface area contributed by atoms with Crippen LogP contribution in [0.3, 0.4) is 0 Å². The second-order valence-corrected chi connectivity index (χ2v) is 6.08. The molecule has 0 aliphatic carbocycles. The molecule has 112 valence electrons. The Morgan fingerprint density at radius 3 is 2.67 bits per heavy atom. The maximum absolute atomic E-state index is 12.5. The molecule has 1 amide bonds.